The third-order valence-electron chi connectivity index (χ3n) is 6.06. The van der Waals surface area contributed by atoms with Gasteiger partial charge in [-0.3, -0.25) is 19.3 Å². The predicted molar refractivity (Wildman–Crippen MR) is 125 cm³/mol. The van der Waals surface area contributed by atoms with Crippen LogP contribution in [0.15, 0.2) is 48.5 Å². The van der Waals surface area contributed by atoms with Crippen LogP contribution in [0, 0.1) is 11.8 Å². The quantitative estimate of drug-likeness (QED) is 0.338. The highest BCUT2D eigenvalue weighted by Gasteiger charge is 2.52. The minimum atomic E-state index is -4.58. The van der Waals surface area contributed by atoms with Crippen molar-refractivity contribution in [1.29, 1.82) is 0 Å². The van der Waals surface area contributed by atoms with Crippen molar-refractivity contribution in [3.8, 4) is 0 Å². The maximum absolute atomic E-state index is 12.9. The van der Waals surface area contributed by atoms with Crippen LogP contribution in [0.4, 0.5) is 24.5 Å². The largest absolute Gasteiger partial charge is 0.452 e. The molecule has 2 fully saturated rings. The topological polar surface area (TPSA) is 92.8 Å². The van der Waals surface area contributed by atoms with E-state index < -0.39 is 64.6 Å². The first-order valence-electron chi connectivity index (χ1n) is 10.9. The van der Waals surface area contributed by atoms with Gasteiger partial charge in [0.1, 0.15) is 0 Å². The molecule has 12 heteroatoms. The van der Waals surface area contributed by atoms with Crippen LogP contribution in [0.3, 0.4) is 0 Å². The van der Waals surface area contributed by atoms with E-state index in [4.69, 9.17) is 27.9 Å². The van der Waals surface area contributed by atoms with Gasteiger partial charge in [0.15, 0.2) is 6.61 Å². The molecule has 1 saturated heterocycles. The number of fused-ring (bicyclic) bond motifs is 1. The lowest BCUT2D eigenvalue weighted by Crippen LogP contribution is -2.34. The molecule has 4 atom stereocenters. The first kappa shape index (κ1) is 26.0. The van der Waals surface area contributed by atoms with Crippen LogP contribution in [-0.4, -0.2) is 41.1 Å². The monoisotopic (exact) mass is 542 g/mol. The Hall–Kier alpha value is -3.11. The van der Waals surface area contributed by atoms with Crippen LogP contribution in [0.2, 0.25) is 0 Å². The zero-order chi connectivity index (χ0) is 26.2. The van der Waals surface area contributed by atoms with Crippen LogP contribution in [-0.2, 0) is 25.3 Å². The average molecular weight is 543 g/mol. The van der Waals surface area contributed by atoms with E-state index >= 15 is 0 Å². The van der Waals surface area contributed by atoms with Gasteiger partial charge in [-0.05, 0) is 49.2 Å². The third kappa shape index (κ3) is 5.34. The Morgan fingerprint density at radius 1 is 0.972 bits per heavy atom. The van der Waals surface area contributed by atoms with Gasteiger partial charge < -0.3 is 10.1 Å². The number of esters is 1. The second-order valence-corrected chi connectivity index (χ2v) is 9.60. The molecule has 36 heavy (non-hydrogen) atoms. The van der Waals surface area contributed by atoms with Crippen molar-refractivity contribution in [3.63, 3.8) is 0 Å². The number of imide groups is 1. The highest BCUT2D eigenvalue weighted by Crippen LogP contribution is 2.43. The molecule has 2 aliphatic rings. The van der Waals surface area contributed by atoms with Crippen molar-refractivity contribution in [1.82, 2.24) is 0 Å². The summed E-state index contributed by atoms with van der Waals surface area (Å²) in [6, 6.07) is 9.60. The van der Waals surface area contributed by atoms with Crippen LogP contribution < -0.4 is 10.2 Å². The molecule has 0 aromatic heterocycles. The Balaban J connectivity index is 1.40. The number of anilines is 2. The Kier molecular flexibility index (Phi) is 7.28. The van der Waals surface area contributed by atoms with E-state index in [1.165, 1.54) is 30.3 Å². The molecule has 1 saturated carbocycles. The summed E-state index contributed by atoms with van der Waals surface area (Å²) in [5.41, 5.74) is -0.915. The first-order valence-corrected chi connectivity index (χ1v) is 11.7. The third-order valence-corrected chi connectivity index (χ3v) is 7.15. The molecule has 1 aliphatic heterocycles. The van der Waals surface area contributed by atoms with E-state index in [0.717, 1.165) is 23.1 Å². The van der Waals surface area contributed by atoms with Gasteiger partial charge in [-0.1, -0.05) is 12.1 Å². The van der Waals surface area contributed by atoms with Crippen LogP contribution in [0.1, 0.15) is 28.8 Å². The van der Waals surface area contributed by atoms with Gasteiger partial charge in [0.25, 0.3) is 5.91 Å². The summed E-state index contributed by atoms with van der Waals surface area (Å²) < 4.78 is 43.4. The molecule has 190 valence electrons. The number of alkyl halides is 5. The van der Waals surface area contributed by atoms with Crippen molar-refractivity contribution < 1.29 is 37.1 Å². The molecule has 0 unspecified atom stereocenters. The molecule has 0 bridgehead atoms. The number of carbonyl (C=O) groups excluding carboxylic acids is 4. The number of halogens is 5. The number of nitrogens with zero attached hydrogens (tertiary/aromatic N) is 1. The standard InChI is InChI=1S/C24H19Cl2F3N2O5/c25-18-9-16-17(10-19(18)26)22(34)31(21(16)33)15-6-1-3-12(7-15)23(35)36-11-20(32)30-14-5-2-4-13(8-14)24(27,28)29/h1-8,16-19H,9-11H2,(H,30,32)/t16-,17+,18+,19-. The lowest BCUT2D eigenvalue weighted by atomic mass is 9.80. The van der Waals surface area contributed by atoms with Crippen molar-refractivity contribution in [2.45, 2.75) is 29.8 Å². The number of rotatable bonds is 5. The Morgan fingerprint density at radius 3 is 2.19 bits per heavy atom. The highest BCUT2D eigenvalue weighted by atomic mass is 35.5. The maximum Gasteiger partial charge on any atom is 0.416 e. The minimum Gasteiger partial charge on any atom is -0.452 e. The van der Waals surface area contributed by atoms with Crippen molar-refractivity contribution in [2.24, 2.45) is 11.8 Å². The van der Waals surface area contributed by atoms with E-state index in [1.54, 1.807) is 0 Å². The van der Waals surface area contributed by atoms with E-state index in [1.807, 2.05) is 0 Å². The van der Waals surface area contributed by atoms with Gasteiger partial charge in [0.05, 0.1) is 39.4 Å². The zero-order valence-electron chi connectivity index (χ0n) is 18.4. The number of nitrogens with one attached hydrogen (secondary N) is 1. The molecule has 4 rings (SSSR count). The number of hydrogen-bond donors (Lipinski definition) is 1. The van der Waals surface area contributed by atoms with Gasteiger partial charge in [-0.15, -0.1) is 23.2 Å². The fraction of sp³-hybridized carbons (Fsp3) is 0.333. The molecule has 1 aliphatic carbocycles. The van der Waals surface area contributed by atoms with Gasteiger partial charge in [-0.25, -0.2) is 4.79 Å². The summed E-state index contributed by atoms with van der Waals surface area (Å²) in [4.78, 5) is 51.4. The first-order chi connectivity index (χ1) is 17.0. The smallest absolute Gasteiger partial charge is 0.416 e. The zero-order valence-corrected chi connectivity index (χ0v) is 19.9. The summed E-state index contributed by atoms with van der Waals surface area (Å²) >= 11 is 12.4. The van der Waals surface area contributed by atoms with Gasteiger partial charge >= 0.3 is 12.1 Å². The molecular weight excluding hydrogens is 524 g/mol. The van der Waals surface area contributed by atoms with Gasteiger partial charge in [0, 0.05) is 5.69 Å². The fourth-order valence-electron chi connectivity index (χ4n) is 4.31. The Labute approximate surface area is 213 Å². The summed E-state index contributed by atoms with van der Waals surface area (Å²) in [7, 11) is 0. The van der Waals surface area contributed by atoms with Crippen molar-refractivity contribution >= 4 is 58.3 Å². The molecular formula is C24H19Cl2F3N2O5. The Bertz CT molecular complexity index is 1190. The molecule has 3 amide bonds. The molecule has 1 heterocycles. The summed E-state index contributed by atoms with van der Waals surface area (Å²) in [5.74, 6) is -3.81. The van der Waals surface area contributed by atoms with Crippen molar-refractivity contribution in [3.05, 3.63) is 59.7 Å². The number of carbonyl (C=O) groups is 4. The summed E-state index contributed by atoms with van der Waals surface area (Å²) in [5, 5.41) is 1.36. The summed E-state index contributed by atoms with van der Waals surface area (Å²) in [6.07, 6.45) is -4.04. The Morgan fingerprint density at radius 2 is 1.58 bits per heavy atom. The molecule has 2 aromatic rings. The van der Waals surface area contributed by atoms with Crippen LogP contribution >= 0.6 is 23.2 Å². The average Bonchev–Trinajstić information content (AvgIpc) is 3.06. The van der Waals surface area contributed by atoms with E-state index in [2.05, 4.69) is 5.32 Å². The number of benzene rings is 2. The van der Waals surface area contributed by atoms with Crippen molar-refractivity contribution in [2.75, 3.05) is 16.8 Å². The van der Waals surface area contributed by atoms with E-state index in [-0.39, 0.29) is 29.8 Å². The molecule has 1 N–H and O–H groups in total. The molecule has 0 spiro atoms. The maximum atomic E-state index is 12.9. The second kappa shape index (κ2) is 10.1. The highest BCUT2D eigenvalue weighted by molar-refractivity contribution is 6.31. The lowest BCUT2D eigenvalue weighted by Gasteiger charge is -2.28. The van der Waals surface area contributed by atoms with Crippen LogP contribution in [0.25, 0.3) is 0 Å². The normalized spacial score (nSPS) is 23.9. The molecule has 2 aromatic carbocycles. The number of hydrogen-bond acceptors (Lipinski definition) is 5. The minimum absolute atomic E-state index is 0.0275. The van der Waals surface area contributed by atoms with Crippen LogP contribution in [0.5, 0.6) is 0 Å². The number of amides is 3. The lowest BCUT2D eigenvalue weighted by molar-refractivity contribution is -0.137. The second-order valence-electron chi connectivity index (χ2n) is 8.48. The van der Waals surface area contributed by atoms with E-state index in [9.17, 15) is 32.3 Å². The van der Waals surface area contributed by atoms with Gasteiger partial charge in [-0.2, -0.15) is 13.2 Å². The van der Waals surface area contributed by atoms with E-state index in [0.29, 0.717) is 0 Å². The number of ether oxygens (including phenoxy) is 1. The summed E-state index contributed by atoms with van der Waals surface area (Å²) in [6.45, 7) is -0.765. The van der Waals surface area contributed by atoms with Gasteiger partial charge in [0.2, 0.25) is 11.8 Å². The predicted octanol–water partition coefficient (Wildman–Crippen LogP) is 4.62. The fourth-order valence-corrected chi connectivity index (χ4v) is 4.90. The SMILES string of the molecule is O=C(COC(=O)c1cccc(N2C(=O)[C@H]3C[C@@H](Cl)[C@@H](Cl)C[C@H]3C2=O)c1)Nc1cccc(C(F)(F)F)c1. The molecule has 7 nitrogen and oxygen atoms in total. The molecule has 0 radical (unpaired) electrons.